The molecular weight excluding hydrogens is 573 g/mol. The summed E-state index contributed by atoms with van der Waals surface area (Å²) in [5, 5.41) is 14.9. The van der Waals surface area contributed by atoms with Crippen molar-refractivity contribution in [3.63, 3.8) is 0 Å². The fraction of sp³-hybridized carbons (Fsp3) is 0.429. The predicted octanol–water partition coefficient (Wildman–Crippen LogP) is 4.69. The largest absolute Gasteiger partial charge is 0.466 e. The minimum Gasteiger partial charge on any atom is -0.466 e. The van der Waals surface area contributed by atoms with Gasteiger partial charge in [0.25, 0.3) is 0 Å². The van der Waals surface area contributed by atoms with E-state index in [4.69, 9.17) is 16.3 Å². The van der Waals surface area contributed by atoms with Crippen molar-refractivity contribution >= 4 is 44.4 Å². The van der Waals surface area contributed by atoms with Gasteiger partial charge in [0.1, 0.15) is 4.75 Å². The first-order chi connectivity index (χ1) is 19.4. The summed E-state index contributed by atoms with van der Waals surface area (Å²) in [5.74, 6) is -1.18. The number of carbonyl (C=O) groups excluding carboxylic acids is 1. The van der Waals surface area contributed by atoms with Crippen LogP contribution in [0.5, 0.6) is 0 Å². The summed E-state index contributed by atoms with van der Waals surface area (Å²) in [6.07, 6.45) is 10.7. The number of hydrogen-bond acceptors (Lipinski definition) is 9. The number of halogens is 2. The number of aliphatic hydroxyl groups is 1. The molecule has 1 fully saturated rings. The summed E-state index contributed by atoms with van der Waals surface area (Å²) in [6.45, 7) is 3.51. The van der Waals surface area contributed by atoms with E-state index in [0.29, 0.717) is 35.2 Å². The van der Waals surface area contributed by atoms with Gasteiger partial charge in [0.15, 0.2) is 23.1 Å². The maximum absolute atomic E-state index is 14.9. The van der Waals surface area contributed by atoms with E-state index in [2.05, 4.69) is 20.3 Å². The molecule has 1 unspecified atom stereocenters. The van der Waals surface area contributed by atoms with E-state index in [-0.39, 0.29) is 49.2 Å². The molecule has 0 spiro atoms. The zero-order chi connectivity index (χ0) is 29.4. The van der Waals surface area contributed by atoms with Gasteiger partial charge in [-0.1, -0.05) is 17.7 Å². The van der Waals surface area contributed by atoms with E-state index in [1.54, 1.807) is 38.1 Å². The maximum atomic E-state index is 14.9. The molecule has 10 nitrogen and oxygen atoms in total. The summed E-state index contributed by atoms with van der Waals surface area (Å²) in [7, 11) is -4.05. The molecule has 3 heterocycles. The van der Waals surface area contributed by atoms with Crippen LogP contribution < -0.4 is 5.32 Å². The lowest BCUT2D eigenvalue weighted by atomic mass is 9.79. The molecule has 3 aromatic heterocycles. The van der Waals surface area contributed by atoms with Gasteiger partial charge in [0, 0.05) is 34.4 Å². The van der Waals surface area contributed by atoms with Gasteiger partial charge in [0.2, 0.25) is 10.0 Å². The lowest BCUT2D eigenvalue weighted by molar-refractivity contribution is -0.150. The van der Waals surface area contributed by atoms with E-state index >= 15 is 0 Å². The van der Waals surface area contributed by atoms with Gasteiger partial charge < -0.3 is 15.2 Å². The Bertz CT molecular complexity index is 1660. The van der Waals surface area contributed by atoms with Crippen LogP contribution in [-0.4, -0.2) is 61.4 Å². The average Bonchev–Trinajstić information content (AvgIpc) is 3.30. The van der Waals surface area contributed by atoms with Gasteiger partial charge in [0.05, 0.1) is 24.8 Å². The molecule has 0 bridgehead atoms. The van der Waals surface area contributed by atoms with Crippen molar-refractivity contribution in [1.82, 2.24) is 18.9 Å². The standard InChI is InChI=1S/C28H31ClFN5O5S/c1-3-40-23(36)15-28(37)11-5-8-19(14-28)33-25-22(30)16-32-24(34-25)21-17-35(26-20(21)9-6-12-31-26)41(38,39)27(2)10-4-7-18(29)13-27/h4,6-7,9,12-13,16-17,19,37H,3,5,8,10-11,14-15H2,1-2H3,(H,32,33,34)/t19-,27?,28+/m0/s1. The molecule has 2 N–H and O–H groups in total. The molecule has 13 heteroatoms. The second-order valence-electron chi connectivity index (χ2n) is 10.7. The van der Waals surface area contributed by atoms with E-state index in [1.807, 2.05) is 0 Å². The van der Waals surface area contributed by atoms with Crippen LogP contribution in [0.3, 0.4) is 0 Å². The van der Waals surface area contributed by atoms with Gasteiger partial charge in [-0.2, -0.15) is 0 Å². The van der Waals surface area contributed by atoms with Gasteiger partial charge >= 0.3 is 5.97 Å². The van der Waals surface area contributed by atoms with Gasteiger partial charge in [-0.15, -0.1) is 0 Å². The number of nitrogens with zero attached hydrogens (tertiary/aromatic N) is 4. The Morgan fingerprint density at radius 1 is 1.37 bits per heavy atom. The van der Waals surface area contributed by atoms with Crippen LogP contribution >= 0.6 is 11.6 Å². The number of pyridine rings is 1. The Kier molecular flexibility index (Phi) is 7.92. The smallest absolute Gasteiger partial charge is 0.308 e. The number of allylic oxidation sites excluding steroid dienone is 3. The first kappa shape index (κ1) is 29.2. The number of ether oxygens (including phenoxy) is 1. The van der Waals surface area contributed by atoms with Crippen LogP contribution in [0.15, 0.2) is 54.0 Å². The molecule has 5 rings (SSSR count). The normalized spacial score (nSPS) is 24.7. The Hall–Kier alpha value is -3.35. The zero-order valence-corrected chi connectivity index (χ0v) is 24.3. The highest BCUT2D eigenvalue weighted by Gasteiger charge is 2.41. The first-order valence-electron chi connectivity index (χ1n) is 13.4. The van der Waals surface area contributed by atoms with Crippen LogP contribution in [0.25, 0.3) is 22.4 Å². The lowest BCUT2D eigenvalue weighted by Crippen LogP contribution is -2.42. The SMILES string of the molecule is CCOC(=O)C[C@@]1(O)CCC[C@H](Nc2nc(-c3cn(S(=O)(=O)C4(C)C=C(Cl)C=CC4)c4ncccc34)ncc2F)C1. The van der Waals surface area contributed by atoms with Gasteiger partial charge in [-0.3, -0.25) is 4.79 Å². The molecule has 2 aliphatic carbocycles. The third-order valence-corrected chi connectivity index (χ3v) is 10.0. The number of aromatic nitrogens is 4. The average molecular weight is 604 g/mol. The summed E-state index contributed by atoms with van der Waals surface area (Å²) in [4.78, 5) is 24.9. The topological polar surface area (TPSA) is 136 Å². The molecule has 0 aromatic carbocycles. The molecule has 0 saturated heterocycles. The Morgan fingerprint density at radius 3 is 2.93 bits per heavy atom. The summed E-state index contributed by atoms with van der Waals surface area (Å²) in [6, 6.07) is 3.01. The summed E-state index contributed by atoms with van der Waals surface area (Å²) < 4.78 is 47.5. The second kappa shape index (κ2) is 11.1. The Labute approximate surface area is 242 Å². The van der Waals surface area contributed by atoms with Crippen molar-refractivity contribution in [3.05, 3.63) is 59.8 Å². The number of hydrogen-bond donors (Lipinski definition) is 2. The molecule has 218 valence electrons. The first-order valence-corrected chi connectivity index (χ1v) is 15.2. The van der Waals surface area contributed by atoms with Crippen molar-refractivity contribution in [3.8, 4) is 11.4 Å². The van der Waals surface area contributed by atoms with Crippen LogP contribution in [-0.2, 0) is 19.6 Å². The monoisotopic (exact) mass is 603 g/mol. The van der Waals surface area contributed by atoms with Crippen LogP contribution in [0, 0.1) is 5.82 Å². The molecule has 1 saturated carbocycles. The van der Waals surface area contributed by atoms with Crippen LogP contribution in [0.4, 0.5) is 10.2 Å². The quantitative estimate of drug-likeness (QED) is 0.351. The van der Waals surface area contributed by atoms with E-state index in [0.717, 1.165) is 10.2 Å². The highest BCUT2D eigenvalue weighted by Crippen LogP contribution is 2.37. The van der Waals surface area contributed by atoms with Crippen LogP contribution in [0.1, 0.15) is 52.4 Å². The minimum absolute atomic E-state index is 0.0906. The van der Waals surface area contributed by atoms with E-state index < -0.39 is 32.2 Å². The van der Waals surface area contributed by atoms with Gasteiger partial charge in [-0.25, -0.2) is 31.7 Å². The predicted molar refractivity (Wildman–Crippen MR) is 153 cm³/mol. The summed E-state index contributed by atoms with van der Waals surface area (Å²) >= 11 is 6.17. The maximum Gasteiger partial charge on any atom is 0.308 e. The fourth-order valence-electron chi connectivity index (χ4n) is 5.50. The van der Waals surface area contributed by atoms with Crippen molar-refractivity contribution in [1.29, 1.82) is 0 Å². The third-order valence-electron chi connectivity index (χ3n) is 7.55. The highest BCUT2D eigenvalue weighted by molar-refractivity contribution is 7.91. The van der Waals surface area contributed by atoms with Crippen molar-refractivity contribution in [2.45, 2.75) is 68.8 Å². The van der Waals surface area contributed by atoms with Crippen molar-refractivity contribution < 1.29 is 27.4 Å². The van der Waals surface area contributed by atoms with E-state index in [1.165, 1.54) is 18.5 Å². The number of carbonyl (C=O) groups is 1. The second-order valence-corrected chi connectivity index (χ2v) is 13.4. The molecule has 41 heavy (non-hydrogen) atoms. The van der Waals surface area contributed by atoms with Crippen LogP contribution in [0.2, 0.25) is 0 Å². The minimum atomic E-state index is -4.05. The number of anilines is 1. The third kappa shape index (κ3) is 5.73. The molecular formula is C28H31ClFN5O5S. The Balaban J connectivity index is 1.48. The van der Waals surface area contributed by atoms with Crippen molar-refractivity contribution in [2.24, 2.45) is 0 Å². The number of fused-ring (bicyclic) bond motifs is 1. The molecule has 3 atom stereocenters. The van der Waals surface area contributed by atoms with Crippen molar-refractivity contribution in [2.75, 3.05) is 11.9 Å². The zero-order valence-electron chi connectivity index (χ0n) is 22.7. The Morgan fingerprint density at radius 2 is 2.17 bits per heavy atom. The van der Waals surface area contributed by atoms with Gasteiger partial charge in [-0.05, 0) is 70.2 Å². The molecule has 0 aliphatic heterocycles. The molecule has 2 aliphatic rings. The number of nitrogens with one attached hydrogen (secondary N) is 1. The fourth-order valence-corrected chi connectivity index (χ4v) is 7.54. The number of rotatable bonds is 8. The number of esters is 1. The lowest BCUT2D eigenvalue weighted by Gasteiger charge is -2.36. The highest BCUT2D eigenvalue weighted by atomic mass is 35.5. The summed E-state index contributed by atoms with van der Waals surface area (Å²) in [5.41, 5.74) is -0.738. The molecule has 3 aromatic rings. The molecule has 0 amide bonds. The van der Waals surface area contributed by atoms with E-state index in [9.17, 15) is 22.7 Å². The molecule has 0 radical (unpaired) electrons.